The van der Waals surface area contributed by atoms with Crippen LogP contribution in [0.1, 0.15) is 11.8 Å². The number of hydrogen-bond acceptors (Lipinski definition) is 5. The summed E-state index contributed by atoms with van der Waals surface area (Å²) in [6, 6.07) is 8.70. The number of nitrogens with zero attached hydrogens (tertiary/aromatic N) is 1. The Hall–Kier alpha value is -2.58. The van der Waals surface area contributed by atoms with Crippen molar-refractivity contribution in [1.29, 1.82) is 0 Å². The van der Waals surface area contributed by atoms with Gasteiger partial charge in [-0.05, 0) is 36.9 Å². The zero-order chi connectivity index (χ0) is 18.5. The van der Waals surface area contributed by atoms with Crippen LogP contribution in [-0.2, 0) is 13.0 Å². The minimum absolute atomic E-state index is 0.000169. The van der Waals surface area contributed by atoms with Gasteiger partial charge in [0, 0.05) is 42.2 Å². The molecule has 1 atom stereocenters. The molecule has 0 spiro atoms. The summed E-state index contributed by atoms with van der Waals surface area (Å²) in [7, 11) is 0. The molecule has 2 amide bonds. The fourth-order valence-corrected chi connectivity index (χ4v) is 3.59. The van der Waals surface area contributed by atoms with Crippen LogP contribution in [0.2, 0.25) is 0 Å². The number of nitrogens with one attached hydrogen (secondary N) is 2. The molecule has 138 valence electrons. The predicted octanol–water partition coefficient (Wildman–Crippen LogP) is 2.65. The van der Waals surface area contributed by atoms with Crippen molar-refractivity contribution in [3.63, 3.8) is 0 Å². The normalized spacial score (nSPS) is 12.2. The van der Waals surface area contributed by atoms with Gasteiger partial charge in [-0.2, -0.15) is 0 Å². The second-order valence-corrected chi connectivity index (χ2v) is 6.99. The SMILES string of the molecule is CCn1c(=O)oc2cc(NC(=O)NCC(CO)Cc3cccs3)ccc21. The highest BCUT2D eigenvalue weighted by molar-refractivity contribution is 7.09. The third-order valence-corrected chi connectivity index (χ3v) is 5.02. The highest BCUT2D eigenvalue weighted by atomic mass is 32.1. The lowest BCUT2D eigenvalue weighted by molar-refractivity contribution is 0.218. The van der Waals surface area contributed by atoms with E-state index in [1.807, 2.05) is 24.4 Å². The highest BCUT2D eigenvalue weighted by Crippen LogP contribution is 2.18. The molecule has 7 nitrogen and oxygen atoms in total. The summed E-state index contributed by atoms with van der Waals surface area (Å²) in [5, 5.41) is 17.0. The second-order valence-electron chi connectivity index (χ2n) is 5.96. The number of rotatable bonds is 7. The Morgan fingerprint density at radius 3 is 2.92 bits per heavy atom. The number of aryl methyl sites for hydroxylation is 1. The lowest BCUT2D eigenvalue weighted by Crippen LogP contribution is -2.34. The Balaban J connectivity index is 1.59. The van der Waals surface area contributed by atoms with Crippen LogP contribution in [0, 0.1) is 5.92 Å². The van der Waals surface area contributed by atoms with Gasteiger partial charge in [0.2, 0.25) is 0 Å². The molecule has 2 aromatic heterocycles. The van der Waals surface area contributed by atoms with E-state index in [1.165, 1.54) is 9.44 Å². The number of thiophene rings is 1. The summed E-state index contributed by atoms with van der Waals surface area (Å²) >= 11 is 1.63. The molecule has 0 bridgehead atoms. The summed E-state index contributed by atoms with van der Waals surface area (Å²) in [6.07, 6.45) is 0.718. The van der Waals surface area contributed by atoms with Crippen LogP contribution >= 0.6 is 11.3 Å². The van der Waals surface area contributed by atoms with Gasteiger partial charge in [0.1, 0.15) is 0 Å². The molecule has 0 aliphatic rings. The van der Waals surface area contributed by atoms with Crippen LogP contribution in [0.3, 0.4) is 0 Å². The molecule has 1 aromatic carbocycles. The van der Waals surface area contributed by atoms with Crippen LogP contribution in [0.4, 0.5) is 10.5 Å². The van der Waals surface area contributed by atoms with E-state index in [2.05, 4.69) is 10.6 Å². The molecular weight excluding hydrogens is 354 g/mol. The number of benzene rings is 1. The molecule has 0 aliphatic heterocycles. The van der Waals surface area contributed by atoms with Gasteiger partial charge in [-0.3, -0.25) is 4.57 Å². The van der Waals surface area contributed by atoms with Crippen molar-refractivity contribution in [3.8, 4) is 0 Å². The van der Waals surface area contributed by atoms with Gasteiger partial charge in [-0.25, -0.2) is 9.59 Å². The predicted molar refractivity (Wildman–Crippen MR) is 102 cm³/mol. The fraction of sp³-hybridized carbons (Fsp3) is 0.333. The summed E-state index contributed by atoms with van der Waals surface area (Å²) in [5.41, 5.74) is 1.66. The van der Waals surface area contributed by atoms with Crippen molar-refractivity contribution in [1.82, 2.24) is 9.88 Å². The quantitative estimate of drug-likeness (QED) is 0.591. The van der Waals surface area contributed by atoms with Crippen molar-refractivity contribution in [3.05, 3.63) is 51.1 Å². The first-order valence-corrected chi connectivity index (χ1v) is 9.30. The third-order valence-electron chi connectivity index (χ3n) is 4.12. The number of aromatic nitrogens is 1. The molecule has 0 fully saturated rings. The lowest BCUT2D eigenvalue weighted by atomic mass is 10.1. The highest BCUT2D eigenvalue weighted by Gasteiger charge is 2.13. The van der Waals surface area contributed by atoms with Crippen molar-refractivity contribution in [2.24, 2.45) is 5.92 Å². The van der Waals surface area contributed by atoms with Gasteiger partial charge in [0.25, 0.3) is 0 Å². The summed E-state index contributed by atoms with van der Waals surface area (Å²) in [5.74, 6) is -0.457. The van der Waals surface area contributed by atoms with E-state index in [9.17, 15) is 14.7 Å². The van der Waals surface area contributed by atoms with Gasteiger partial charge in [-0.1, -0.05) is 6.07 Å². The first kappa shape index (κ1) is 18.2. The van der Waals surface area contributed by atoms with Crippen molar-refractivity contribution in [2.75, 3.05) is 18.5 Å². The number of hydrogen-bond donors (Lipinski definition) is 3. The molecule has 3 rings (SSSR count). The molecule has 0 saturated heterocycles. The van der Waals surface area contributed by atoms with Crippen molar-refractivity contribution in [2.45, 2.75) is 19.9 Å². The summed E-state index contributed by atoms with van der Waals surface area (Å²) in [4.78, 5) is 25.0. The maximum absolute atomic E-state index is 12.1. The van der Waals surface area contributed by atoms with E-state index < -0.39 is 5.76 Å². The molecular formula is C18H21N3O4S. The number of carbonyl (C=O) groups is 1. The average molecular weight is 375 g/mol. The number of urea groups is 1. The number of carbonyl (C=O) groups excluding carboxylic acids is 1. The van der Waals surface area contributed by atoms with Gasteiger partial charge in [0.15, 0.2) is 5.58 Å². The molecule has 3 N–H and O–H groups in total. The van der Waals surface area contributed by atoms with Gasteiger partial charge in [-0.15, -0.1) is 11.3 Å². The minimum Gasteiger partial charge on any atom is -0.408 e. The van der Waals surface area contributed by atoms with E-state index in [-0.39, 0.29) is 18.6 Å². The summed E-state index contributed by atoms with van der Waals surface area (Å²) < 4.78 is 6.71. The topological polar surface area (TPSA) is 96.5 Å². The minimum atomic E-state index is -0.413. The van der Waals surface area contributed by atoms with Crippen LogP contribution in [0.15, 0.2) is 44.9 Å². The third kappa shape index (κ3) is 4.14. The number of anilines is 1. The molecule has 0 radical (unpaired) electrons. The largest absolute Gasteiger partial charge is 0.419 e. The zero-order valence-corrected chi connectivity index (χ0v) is 15.2. The Bertz CT molecular complexity index is 930. The first-order chi connectivity index (χ1) is 12.6. The number of oxazole rings is 1. The smallest absolute Gasteiger partial charge is 0.408 e. The van der Waals surface area contributed by atoms with Crippen LogP contribution in [-0.4, -0.2) is 28.9 Å². The maximum Gasteiger partial charge on any atom is 0.419 e. The van der Waals surface area contributed by atoms with Crippen molar-refractivity contribution < 1.29 is 14.3 Å². The molecule has 1 unspecified atom stereocenters. The van der Waals surface area contributed by atoms with E-state index in [0.29, 0.717) is 29.9 Å². The number of fused-ring (bicyclic) bond motifs is 1. The summed E-state index contributed by atoms with van der Waals surface area (Å²) in [6.45, 7) is 2.75. The van der Waals surface area contributed by atoms with Crippen LogP contribution < -0.4 is 16.4 Å². The van der Waals surface area contributed by atoms with Crippen LogP contribution in [0.5, 0.6) is 0 Å². The monoisotopic (exact) mass is 375 g/mol. The Morgan fingerprint density at radius 1 is 1.38 bits per heavy atom. The number of aliphatic hydroxyl groups excluding tert-OH is 1. The Morgan fingerprint density at radius 2 is 2.23 bits per heavy atom. The Labute approximate surface area is 154 Å². The van der Waals surface area contributed by atoms with Gasteiger partial charge >= 0.3 is 11.8 Å². The van der Waals surface area contributed by atoms with Gasteiger partial charge in [0.05, 0.1) is 5.52 Å². The zero-order valence-electron chi connectivity index (χ0n) is 14.4. The fourth-order valence-electron chi connectivity index (χ4n) is 2.77. The first-order valence-electron chi connectivity index (χ1n) is 8.42. The number of aliphatic hydroxyl groups is 1. The van der Waals surface area contributed by atoms with Crippen molar-refractivity contribution >= 4 is 34.2 Å². The van der Waals surface area contributed by atoms with E-state index >= 15 is 0 Å². The van der Waals surface area contributed by atoms with E-state index in [0.717, 1.165) is 6.42 Å². The second kappa shape index (κ2) is 8.20. The molecule has 8 heteroatoms. The lowest BCUT2D eigenvalue weighted by Gasteiger charge is -2.14. The molecule has 2 heterocycles. The molecule has 3 aromatic rings. The molecule has 0 saturated carbocycles. The maximum atomic E-state index is 12.1. The average Bonchev–Trinajstić information content (AvgIpc) is 3.24. The van der Waals surface area contributed by atoms with Crippen LogP contribution in [0.25, 0.3) is 11.1 Å². The molecule has 26 heavy (non-hydrogen) atoms. The molecule has 0 aliphatic carbocycles. The Kier molecular flexibility index (Phi) is 5.75. The van der Waals surface area contributed by atoms with Gasteiger partial charge < -0.3 is 20.2 Å². The number of amides is 2. The standard InChI is InChI=1S/C18H21N3O4S/c1-2-21-15-6-5-13(9-16(15)25-18(21)24)20-17(23)19-10-12(11-22)8-14-4-3-7-26-14/h3-7,9,12,22H,2,8,10-11H2,1H3,(H2,19,20,23). The van der Waals surface area contributed by atoms with E-state index in [4.69, 9.17) is 4.42 Å². The van der Waals surface area contributed by atoms with E-state index in [1.54, 1.807) is 29.5 Å².